The second-order valence-electron chi connectivity index (χ2n) is 6.56. The van der Waals surface area contributed by atoms with Gasteiger partial charge in [0.05, 0.1) is 6.42 Å². The number of amides is 1. The first-order valence-corrected chi connectivity index (χ1v) is 8.50. The number of nitrogens with two attached hydrogens (primary N) is 1. The zero-order valence-electron chi connectivity index (χ0n) is 15.1. The smallest absolute Gasteiger partial charge is 0.227 e. The molecule has 0 bridgehead atoms. The van der Waals surface area contributed by atoms with Crippen LogP contribution in [-0.2, 0) is 17.8 Å². The van der Waals surface area contributed by atoms with E-state index in [1.807, 2.05) is 29.2 Å². The molecule has 0 radical (unpaired) electrons. The van der Waals surface area contributed by atoms with E-state index in [1.54, 1.807) is 0 Å². The van der Waals surface area contributed by atoms with E-state index in [0.29, 0.717) is 6.42 Å². The van der Waals surface area contributed by atoms with Crippen LogP contribution in [0.25, 0.3) is 0 Å². The lowest BCUT2D eigenvalue weighted by Gasteiger charge is -2.35. The molecule has 1 aliphatic rings. The van der Waals surface area contributed by atoms with Crippen molar-refractivity contribution < 1.29 is 4.79 Å². The topological polar surface area (TPSA) is 49.6 Å². The van der Waals surface area contributed by atoms with Gasteiger partial charge < -0.3 is 10.6 Å². The molecule has 6 heteroatoms. The number of nitrogen functional groups attached to an aromatic ring is 1. The summed E-state index contributed by atoms with van der Waals surface area (Å²) in [6.07, 6.45) is 0.457. The molecule has 1 aliphatic heterocycles. The van der Waals surface area contributed by atoms with Crippen molar-refractivity contribution in [3.8, 4) is 0 Å². The van der Waals surface area contributed by atoms with Crippen molar-refractivity contribution >= 4 is 36.4 Å². The highest BCUT2D eigenvalue weighted by molar-refractivity contribution is 5.85. The standard InChI is InChI=1S/C20H25N3O.2ClH/c1-16-3-2-4-18(13-16)15-22-9-11-23(12-10-22)20(24)14-17-5-7-19(21)8-6-17;;/h2-8,13H,9-12,14-15,21H2,1H3;2*1H. The van der Waals surface area contributed by atoms with Gasteiger partial charge in [-0.1, -0.05) is 42.0 Å². The fourth-order valence-corrected chi connectivity index (χ4v) is 3.15. The number of hydrogen-bond acceptors (Lipinski definition) is 3. The van der Waals surface area contributed by atoms with Gasteiger partial charge in [0.15, 0.2) is 0 Å². The molecule has 3 rings (SSSR count). The maximum Gasteiger partial charge on any atom is 0.227 e. The number of carbonyl (C=O) groups is 1. The molecule has 0 aliphatic carbocycles. The van der Waals surface area contributed by atoms with Crippen molar-refractivity contribution in [1.82, 2.24) is 9.80 Å². The molecule has 0 aromatic heterocycles. The summed E-state index contributed by atoms with van der Waals surface area (Å²) in [7, 11) is 0. The van der Waals surface area contributed by atoms with Gasteiger partial charge in [-0.3, -0.25) is 9.69 Å². The van der Waals surface area contributed by atoms with Gasteiger partial charge in [0.2, 0.25) is 5.91 Å². The van der Waals surface area contributed by atoms with Crippen LogP contribution in [0.2, 0.25) is 0 Å². The van der Waals surface area contributed by atoms with Crippen molar-refractivity contribution in [2.45, 2.75) is 19.9 Å². The summed E-state index contributed by atoms with van der Waals surface area (Å²) >= 11 is 0. The first kappa shape index (κ1) is 22.3. The Bertz CT molecular complexity index is 698. The van der Waals surface area contributed by atoms with Crippen LogP contribution in [0.1, 0.15) is 16.7 Å². The third-order valence-electron chi connectivity index (χ3n) is 4.55. The maximum atomic E-state index is 12.4. The number of piperazine rings is 1. The molecule has 142 valence electrons. The lowest BCUT2D eigenvalue weighted by molar-refractivity contribution is -0.132. The number of nitrogens with zero attached hydrogens (tertiary/aromatic N) is 2. The van der Waals surface area contributed by atoms with Crippen molar-refractivity contribution in [1.29, 1.82) is 0 Å². The van der Waals surface area contributed by atoms with Crippen LogP contribution >= 0.6 is 24.8 Å². The summed E-state index contributed by atoms with van der Waals surface area (Å²) in [6.45, 7) is 6.56. The third-order valence-corrected chi connectivity index (χ3v) is 4.55. The van der Waals surface area contributed by atoms with Gasteiger partial charge in [-0.25, -0.2) is 0 Å². The van der Waals surface area contributed by atoms with E-state index in [9.17, 15) is 4.79 Å². The number of benzene rings is 2. The quantitative estimate of drug-likeness (QED) is 0.807. The molecule has 0 saturated carbocycles. The van der Waals surface area contributed by atoms with Gasteiger partial charge in [0, 0.05) is 38.4 Å². The molecule has 0 atom stereocenters. The van der Waals surface area contributed by atoms with Gasteiger partial charge in [-0.2, -0.15) is 0 Å². The van der Waals surface area contributed by atoms with Gasteiger partial charge in [0.25, 0.3) is 0 Å². The Hall–Kier alpha value is -1.75. The molecule has 4 nitrogen and oxygen atoms in total. The summed E-state index contributed by atoms with van der Waals surface area (Å²) in [5, 5.41) is 0. The Morgan fingerprint density at radius 1 is 0.962 bits per heavy atom. The normalized spacial score (nSPS) is 14.3. The van der Waals surface area contributed by atoms with E-state index in [0.717, 1.165) is 44.0 Å². The van der Waals surface area contributed by atoms with Crippen LogP contribution in [0, 0.1) is 6.92 Å². The highest BCUT2D eigenvalue weighted by Gasteiger charge is 2.21. The highest BCUT2D eigenvalue weighted by Crippen LogP contribution is 2.12. The number of halogens is 2. The lowest BCUT2D eigenvalue weighted by atomic mass is 10.1. The van der Waals surface area contributed by atoms with E-state index in [-0.39, 0.29) is 30.7 Å². The Labute approximate surface area is 168 Å². The van der Waals surface area contributed by atoms with Crippen molar-refractivity contribution in [3.05, 3.63) is 65.2 Å². The average Bonchev–Trinajstić information content (AvgIpc) is 2.57. The predicted molar refractivity (Wildman–Crippen MR) is 112 cm³/mol. The molecule has 1 saturated heterocycles. The SMILES string of the molecule is Cc1cccc(CN2CCN(C(=O)Cc3ccc(N)cc3)CC2)c1.Cl.Cl. The second kappa shape index (κ2) is 10.4. The average molecular weight is 396 g/mol. The molecule has 0 spiro atoms. The Balaban J connectivity index is 0.00000169. The number of hydrogen-bond donors (Lipinski definition) is 1. The molecular formula is C20H27Cl2N3O. The lowest BCUT2D eigenvalue weighted by Crippen LogP contribution is -2.48. The van der Waals surface area contributed by atoms with Gasteiger partial charge >= 0.3 is 0 Å². The Morgan fingerprint density at radius 2 is 1.62 bits per heavy atom. The Morgan fingerprint density at radius 3 is 2.23 bits per heavy atom. The van der Waals surface area contributed by atoms with Gasteiger partial charge in [0.1, 0.15) is 0 Å². The predicted octanol–water partition coefficient (Wildman–Crippen LogP) is 3.31. The van der Waals surface area contributed by atoms with Crippen molar-refractivity contribution in [2.75, 3.05) is 31.9 Å². The summed E-state index contributed by atoms with van der Waals surface area (Å²) in [5.41, 5.74) is 10.1. The number of aryl methyl sites for hydroxylation is 1. The zero-order valence-corrected chi connectivity index (χ0v) is 16.7. The summed E-state index contributed by atoms with van der Waals surface area (Å²) < 4.78 is 0. The molecule has 1 fully saturated rings. The molecule has 0 unspecified atom stereocenters. The highest BCUT2D eigenvalue weighted by atomic mass is 35.5. The summed E-state index contributed by atoms with van der Waals surface area (Å²) in [4.78, 5) is 16.8. The minimum atomic E-state index is 0. The fraction of sp³-hybridized carbons (Fsp3) is 0.350. The maximum absolute atomic E-state index is 12.4. The van der Waals surface area contributed by atoms with Gasteiger partial charge in [-0.05, 0) is 30.2 Å². The van der Waals surface area contributed by atoms with Crippen LogP contribution in [0.3, 0.4) is 0 Å². The first-order valence-electron chi connectivity index (χ1n) is 8.50. The summed E-state index contributed by atoms with van der Waals surface area (Å²) in [5.74, 6) is 0.204. The number of anilines is 1. The van der Waals surface area contributed by atoms with Crippen LogP contribution in [0.15, 0.2) is 48.5 Å². The van der Waals surface area contributed by atoms with Crippen LogP contribution < -0.4 is 5.73 Å². The molecule has 2 aromatic carbocycles. The minimum Gasteiger partial charge on any atom is -0.399 e. The number of carbonyl (C=O) groups excluding carboxylic acids is 1. The van der Waals surface area contributed by atoms with E-state index < -0.39 is 0 Å². The monoisotopic (exact) mass is 395 g/mol. The molecule has 1 amide bonds. The van der Waals surface area contributed by atoms with E-state index in [2.05, 4.69) is 36.1 Å². The van der Waals surface area contributed by atoms with Crippen LogP contribution in [-0.4, -0.2) is 41.9 Å². The minimum absolute atomic E-state index is 0. The molecular weight excluding hydrogens is 369 g/mol. The van der Waals surface area contributed by atoms with E-state index in [1.165, 1.54) is 11.1 Å². The second-order valence-corrected chi connectivity index (χ2v) is 6.56. The van der Waals surface area contributed by atoms with Crippen LogP contribution in [0.5, 0.6) is 0 Å². The van der Waals surface area contributed by atoms with E-state index in [4.69, 9.17) is 5.73 Å². The van der Waals surface area contributed by atoms with E-state index >= 15 is 0 Å². The third kappa shape index (κ3) is 6.20. The molecule has 2 aromatic rings. The van der Waals surface area contributed by atoms with Crippen LogP contribution in [0.4, 0.5) is 5.69 Å². The molecule has 1 heterocycles. The zero-order chi connectivity index (χ0) is 16.9. The van der Waals surface area contributed by atoms with Gasteiger partial charge in [-0.15, -0.1) is 24.8 Å². The summed E-state index contributed by atoms with van der Waals surface area (Å²) in [6, 6.07) is 16.2. The Kier molecular flexibility index (Phi) is 8.93. The first-order chi connectivity index (χ1) is 11.6. The fourth-order valence-electron chi connectivity index (χ4n) is 3.15. The molecule has 2 N–H and O–H groups in total. The number of rotatable bonds is 4. The van der Waals surface area contributed by atoms with Crippen molar-refractivity contribution in [2.24, 2.45) is 0 Å². The molecule has 26 heavy (non-hydrogen) atoms. The largest absolute Gasteiger partial charge is 0.399 e. The van der Waals surface area contributed by atoms with Crippen molar-refractivity contribution in [3.63, 3.8) is 0 Å².